The van der Waals surface area contributed by atoms with Gasteiger partial charge in [-0.3, -0.25) is 9.59 Å². The Morgan fingerprint density at radius 1 is 1.50 bits per heavy atom. The van der Waals surface area contributed by atoms with E-state index in [0.717, 1.165) is 11.8 Å². The molecular weight excluding hydrogens is 230 g/mol. The Morgan fingerprint density at radius 3 is 2.62 bits per heavy atom. The first-order valence-electron chi connectivity index (χ1n) is 4.76. The van der Waals surface area contributed by atoms with Crippen molar-refractivity contribution >= 4 is 22.8 Å². The van der Waals surface area contributed by atoms with Gasteiger partial charge in [-0.25, -0.2) is 0 Å². The number of aliphatic hydroxyl groups is 1. The first-order chi connectivity index (χ1) is 7.43. The number of ether oxygens (including phenoxy) is 1. The summed E-state index contributed by atoms with van der Waals surface area (Å²) in [5.41, 5.74) is 0.399. The number of rotatable bonds is 7. The third-order valence-electron chi connectivity index (χ3n) is 1.51. The molecule has 0 aromatic rings. The minimum absolute atomic E-state index is 0.0213. The average Bonchev–Trinajstić information content (AvgIpc) is 2.20. The van der Waals surface area contributed by atoms with E-state index in [-0.39, 0.29) is 24.4 Å². The van der Waals surface area contributed by atoms with Crippen molar-refractivity contribution in [1.29, 1.82) is 0 Å². The summed E-state index contributed by atoms with van der Waals surface area (Å²) in [5, 5.41) is 11.8. The van der Waals surface area contributed by atoms with Crippen molar-refractivity contribution in [2.45, 2.75) is 20.0 Å². The van der Waals surface area contributed by atoms with E-state index < -0.39 is 6.10 Å². The summed E-state index contributed by atoms with van der Waals surface area (Å²) < 4.78 is 5.00. The maximum atomic E-state index is 11.0. The Labute approximate surface area is 99.2 Å². The van der Waals surface area contributed by atoms with Crippen molar-refractivity contribution < 1.29 is 19.4 Å². The Hall–Kier alpha value is -0.850. The fourth-order valence-corrected chi connectivity index (χ4v) is 1.25. The van der Waals surface area contributed by atoms with Crippen LogP contribution in [0, 0.1) is 0 Å². The molecule has 0 radical (unpaired) electrons. The van der Waals surface area contributed by atoms with Gasteiger partial charge in [0.2, 0.25) is 5.91 Å². The van der Waals surface area contributed by atoms with Gasteiger partial charge in [0.05, 0.1) is 12.7 Å². The molecule has 0 heterocycles. The number of aliphatic hydroxyl groups excluding tert-OH is 1. The van der Waals surface area contributed by atoms with E-state index in [1.54, 1.807) is 6.92 Å². The molecule has 1 atom stereocenters. The van der Waals surface area contributed by atoms with E-state index >= 15 is 0 Å². The number of hydrogen-bond donors (Lipinski definition) is 2. The van der Waals surface area contributed by atoms with Crippen LogP contribution in [-0.4, -0.2) is 41.3 Å². The van der Waals surface area contributed by atoms with Crippen LogP contribution in [0.2, 0.25) is 0 Å². The van der Waals surface area contributed by atoms with Crippen LogP contribution in [0.3, 0.4) is 0 Å². The lowest BCUT2D eigenvalue weighted by atomic mass is 10.3. The third kappa shape index (κ3) is 8.46. The smallest absolute Gasteiger partial charge is 0.248 e. The van der Waals surface area contributed by atoms with Crippen LogP contribution in [0.1, 0.15) is 13.8 Å². The second-order valence-corrected chi connectivity index (χ2v) is 4.45. The number of carbonyl (C=O) groups is 2. The van der Waals surface area contributed by atoms with E-state index in [1.165, 1.54) is 6.92 Å². The first kappa shape index (κ1) is 15.2. The highest BCUT2D eigenvalue weighted by atomic mass is 32.2. The largest absolute Gasteiger partial charge is 0.390 e. The average molecular weight is 247 g/mol. The molecule has 5 nitrogen and oxygen atoms in total. The number of thioether (sulfide) groups is 1. The predicted octanol–water partition coefficient (Wildman–Crippen LogP) is 0.293. The molecule has 0 saturated carbocycles. The van der Waals surface area contributed by atoms with Gasteiger partial charge in [-0.15, -0.1) is 0 Å². The minimum Gasteiger partial charge on any atom is -0.390 e. The van der Waals surface area contributed by atoms with Gasteiger partial charge in [-0.2, -0.15) is 0 Å². The Bertz CT molecular complexity index is 268. The molecule has 0 aliphatic carbocycles. The summed E-state index contributed by atoms with van der Waals surface area (Å²) in [6.07, 6.45) is -0.712. The van der Waals surface area contributed by atoms with E-state index in [4.69, 9.17) is 4.74 Å². The standard InChI is InChI=1S/C10H17NO4S/c1-7(2)10(14)11-6-15-4-9(13)5-16-8(3)12/h9,13H,1,4-6H2,2-3H3,(H,11,14). The Kier molecular flexibility index (Phi) is 7.88. The van der Waals surface area contributed by atoms with Crippen molar-refractivity contribution in [3.63, 3.8) is 0 Å². The maximum absolute atomic E-state index is 11.0. The number of nitrogens with one attached hydrogen (secondary N) is 1. The topological polar surface area (TPSA) is 75.6 Å². The highest BCUT2D eigenvalue weighted by molar-refractivity contribution is 8.13. The van der Waals surface area contributed by atoms with Crippen LogP contribution in [0.25, 0.3) is 0 Å². The normalized spacial score (nSPS) is 11.9. The molecule has 0 fully saturated rings. The molecular formula is C10H17NO4S. The third-order valence-corrected chi connectivity index (χ3v) is 2.47. The lowest BCUT2D eigenvalue weighted by Crippen LogP contribution is -2.29. The molecule has 0 aliphatic heterocycles. The monoisotopic (exact) mass is 247 g/mol. The summed E-state index contributed by atoms with van der Waals surface area (Å²) in [5.74, 6) is 0.0108. The molecule has 0 rings (SSSR count). The van der Waals surface area contributed by atoms with E-state index in [9.17, 15) is 14.7 Å². The summed E-state index contributed by atoms with van der Waals surface area (Å²) >= 11 is 1.04. The van der Waals surface area contributed by atoms with E-state index in [0.29, 0.717) is 11.3 Å². The van der Waals surface area contributed by atoms with Crippen molar-refractivity contribution in [2.75, 3.05) is 19.1 Å². The van der Waals surface area contributed by atoms with Gasteiger partial charge in [0.15, 0.2) is 5.12 Å². The fraction of sp³-hybridized carbons (Fsp3) is 0.600. The lowest BCUT2D eigenvalue weighted by Gasteiger charge is -2.10. The van der Waals surface area contributed by atoms with Gasteiger partial charge >= 0.3 is 0 Å². The van der Waals surface area contributed by atoms with Crippen LogP contribution in [0.5, 0.6) is 0 Å². The van der Waals surface area contributed by atoms with Crippen LogP contribution in [0.4, 0.5) is 0 Å². The molecule has 6 heteroatoms. The van der Waals surface area contributed by atoms with Crippen LogP contribution in [-0.2, 0) is 14.3 Å². The summed E-state index contributed by atoms with van der Waals surface area (Å²) in [6.45, 7) is 6.59. The minimum atomic E-state index is -0.712. The van der Waals surface area contributed by atoms with Gasteiger partial charge in [-0.1, -0.05) is 18.3 Å². The summed E-state index contributed by atoms with van der Waals surface area (Å²) in [7, 11) is 0. The Balaban J connectivity index is 3.47. The zero-order valence-electron chi connectivity index (χ0n) is 9.49. The number of hydrogen-bond acceptors (Lipinski definition) is 5. The van der Waals surface area contributed by atoms with Crippen molar-refractivity contribution in [1.82, 2.24) is 5.32 Å². The van der Waals surface area contributed by atoms with Gasteiger partial charge in [0.1, 0.15) is 6.73 Å². The van der Waals surface area contributed by atoms with Crippen LogP contribution < -0.4 is 5.32 Å². The molecule has 0 aromatic carbocycles. The van der Waals surface area contributed by atoms with Crippen molar-refractivity contribution in [3.05, 3.63) is 12.2 Å². The molecule has 92 valence electrons. The van der Waals surface area contributed by atoms with E-state index in [2.05, 4.69) is 11.9 Å². The zero-order valence-corrected chi connectivity index (χ0v) is 10.3. The predicted molar refractivity (Wildman–Crippen MR) is 62.9 cm³/mol. The second-order valence-electron chi connectivity index (χ2n) is 3.26. The maximum Gasteiger partial charge on any atom is 0.248 e. The number of carbonyl (C=O) groups excluding carboxylic acids is 2. The van der Waals surface area contributed by atoms with E-state index in [1.807, 2.05) is 0 Å². The molecule has 0 bridgehead atoms. The van der Waals surface area contributed by atoms with Crippen LogP contribution >= 0.6 is 11.8 Å². The van der Waals surface area contributed by atoms with Gasteiger partial charge < -0.3 is 15.2 Å². The lowest BCUT2D eigenvalue weighted by molar-refractivity contribution is -0.119. The summed E-state index contributed by atoms with van der Waals surface area (Å²) in [6, 6.07) is 0. The molecule has 1 unspecified atom stereocenters. The van der Waals surface area contributed by atoms with Gasteiger partial charge in [-0.05, 0) is 6.92 Å². The Morgan fingerprint density at radius 2 is 2.12 bits per heavy atom. The molecule has 0 spiro atoms. The van der Waals surface area contributed by atoms with Crippen molar-refractivity contribution in [2.24, 2.45) is 0 Å². The quantitative estimate of drug-likeness (QED) is 0.384. The SMILES string of the molecule is C=C(C)C(=O)NCOCC(O)CSC(C)=O. The highest BCUT2D eigenvalue weighted by Gasteiger charge is 2.06. The molecule has 0 aromatic heterocycles. The van der Waals surface area contributed by atoms with Crippen LogP contribution in [0.15, 0.2) is 12.2 Å². The molecule has 16 heavy (non-hydrogen) atoms. The molecule has 0 aliphatic rings. The van der Waals surface area contributed by atoms with Gasteiger partial charge in [0.25, 0.3) is 0 Å². The molecule has 0 saturated heterocycles. The van der Waals surface area contributed by atoms with Crippen molar-refractivity contribution in [3.8, 4) is 0 Å². The zero-order chi connectivity index (χ0) is 12.6. The first-order valence-corrected chi connectivity index (χ1v) is 5.75. The van der Waals surface area contributed by atoms with Gasteiger partial charge in [0, 0.05) is 18.2 Å². The fourth-order valence-electron chi connectivity index (χ4n) is 0.724. The second kappa shape index (κ2) is 8.32. The molecule has 1 amide bonds. The highest BCUT2D eigenvalue weighted by Crippen LogP contribution is 2.03. The summed E-state index contributed by atoms with van der Waals surface area (Å²) in [4.78, 5) is 21.6. The molecule has 2 N–H and O–H groups in total. The number of amides is 1.